The minimum Gasteiger partial charge on any atom is -0.400 e. The number of benzene rings is 1. The van der Waals surface area contributed by atoms with Gasteiger partial charge in [0.15, 0.2) is 0 Å². The molecule has 0 bridgehead atoms. The van der Waals surface area contributed by atoms with Gasteiger partial charge < -0.3 is 4.43 Å². The van der Waals surface area contributed by atoms with Crippen LogP contribution in [0.1, 0.15) is 61.0 Å². The molecule has 0 aromatic heterocycles. The lowest BCUT2D eigenvalue weighted by Gasteiger charge is -2.51. The SMILES string of the molecule is C[C@H]1[C@H](N(C)Cc2ccccc2)O[Si](C(C)(C)C)(C(C)(C)C)[C@@H]1C. The molecule has 1 saturated heterocycles. The van der Waals surface area contributed by atoms with Gasteiger partial charge in [-0.2, -0.15) is 0 Å². The van der Waals surface area contributed by atoms with Gasteiger partial charge in [-0.25, -0.2) is 0 Å². The van der Waals surface area contributed by atoms with Gasteiger partial charge in [-0.1, -0.05) is 85.7 Å². The minimum absolute atomic E-state index is 0.213. The average molecular weight is 348 g/mol. The van der Waals surface area contributed by atoms with E-state index in [9.17, 15) is 0 Å². The molecule has 1 aromatic carbocycles. The fraction of sp³-hybridized carbons (Fsp3) is 0.714. The third kappa shape index (κ3) is 3.23. The van der Waals surface area contributed by atoms with Gasteiger partial charge in [-0.3, -0.25) is 4.90 Å². The number of nitrogens with zero attached hydrogens (tertiary/aromatic N) is 1. The zero-order valence-electron chi connectivity index (χ0n) is 17.2. The molecule has 2 rings (SSSR count). The van der Waals surface area contributed by atoms with Crippen molar-refractivity contribution in [2.75, 3.05) is 7.05 Å². The Kier molecular flexibility index (Phi) is 5.40. The van der Waals surface area contributed by atoms with Gasteiger partial charge in [0, 0.05) is 6.54 Å². The Morgan fingerprint density at radius 2 is 1.46 bits per heavy atom. The van der Waals surface area contributed by atoms with E-state index in [1.165, 1.54) is 5.56 Å². The van der Waals surface area contributed by atoms with Crippen LogP contribution in [0, 0.1) is 5.92 Å². The fourth-order valence-corrected chi connectivity index (χ4v) is 12.9. The van der Waals surface area contributed by atoms with E-state index in [4.69, 9.17) is 4.43 Å². The van der Waals surface area contributed by atoms with Crippen molar-refractivity contribution in [1.29, 1.82) is 0 Å². The highest BCUT2D eigenvalue weighted by atomic mass is 28.4. The van der Waals surface area contributed by atoms with Crippen molar-refractivity contribution >= 4 is 8.32 Å². The van der Waals surface area contributed by atoms with Gasteiger partial charge in [0.05, 0.1) is 0 Å². The molecule has 1 heterocycles. The first-order chi connectivity index (χ1) is 10.9. The van der Waals surface area contributed by atoms with Gasteiger partial charge in [0.25, 0.3) is 0 Å². The summed E-state index contributed by atoms with van der Waals surface area (Å²) in [5.74, 6) is 0.559. The molecule has 136 valence electrons. The van der Waals surface area contributed by atoms with Crippen molar-refractivity contribution < 1.29 is 4.43 Å². The second kappa shape index (κ2) is 6.58. The molecule has 0 saturated carbocycles. The van der Waals surface area contributed by atoms with E-state index in [0.29, 0.717) is 11.5 Å². The van der Waals surface area contributed by atoms with Gasteiger partial charge in [-0.15, -0.1) is 0 Å². The second-order valence-electron chi connectivity index (χ2n) is 9.79. The smallest absolute Gasteiger partial charge is 0.208 e. The van der Waals surface area contributed by atoms with E-state index in [-0.39, 0.29) is 16.3 Å². The summed E-state index contributed by atoms with van der Waals surface area (Å²) >= 11 is 0. The number of hydrogen-bond acceptors (Lipinski definition) is 2. The Morgan fingerprint density at radius 1 is 0.958 bits per heavy atom. The molecule has 0 amide bonds. The van der Waals surface area contributed by atoms with Crippen LogP contribution in [0.25, 0.3) is 0 Å². The second-order valence-corrected chi connectivity index (χ2v) is 15.4. The lowest BCUT2D eigenvalue weighted by atomic mass is 10.1. The molecule has 24 heavy (non-hydrogen) atoms. The van der Waals surface area contributed by atoms with Gasteiger partial charge in [-0.05, 0) is 34.1 Å². The standard InChI is InChI=1S/C21H37NOSi/c1-16-17(2)24(20(3,4)5,21(6,7)8)23-19(16)22(9)15-18-13-11-10-12-14-18/h10-14,16-17,19H,15H2,1-9H3/t16-,17-,19-/m1/s1. The Bertz CT molecular complexity index is 529. The molecule has 1 fully saturated rings. The molecule has 0 radical (unpaired) electrons. The van der Waals surface area contributed by atoms with E-state index in [1.54, 1.807) is 0 Å². The van der Waals surface area contributed by atoms with Crippen LogP contribution in [-0.2, 0) is 11.0 Å². The maximum atomic E-state index is 7.10. The predicted octanol–water partition coefficient (Wildman–Crippen LogP) is 6.05. The Labute approximate surface area is 150 Å². The van der Waals surface area contributed by atoms with Crippen molar-refractivity contribution in [3.63, 3.8) is 0 Å². The van der Waals surface area contributed by atoms with E-state index in [2.05, 4.69) is 97.7 Å². The normalized spacial score (nSPS) is 27.7. The summed E-state index contributed by atoms with van der Waals surface area (Å²) in [4.78, 5) is 2.42. The zero-order chi connectivity index (χ0) is 18.3. The summed E-state index contributed by atoms with van der Waals surface area (Å²) in [5, 5.41) is 0.447. The highest BCUT2D eigenvalue weighted by molar-refractivity contribution is 6.81. The lowest BCUT2D eigenvalue weighted by Crippen LogP contribution is -2.55. The van der Waals surface area contributed by atoms with Crippen LogP contribution >= 0.6 is 0 Å². The van der Waals surface area contributed by atoms with Gasteiger partial charge >= 0.3 is 0 Å². The molecule has 3 heteroatoms. The van der Waals surface area contributed by atoms with E-state index in [0.717, 1.165) is 6.54 Å². The summed E-state index contributed by atoms with van der Waals surface area (Å²) < 4.78 is 7.10. The summed E-state index contributed by atoms with van der Waals surface area (Å²) in [7, 11) is 0.232. The summed E-state index contributed by atoms with van der Waals surface area (Å²) in [6, 6.07) is 10.7. The predicted molar refractivity (Wildman–Crippen MR) is 107 cm³/mol. The average Bonchev–Trinajstić information content (AvgIpc) is 2.73. The summed E-state index contributed by atoms with van der Waals surface area (Å²) in [5.41, 5.74) is 2.00. The first-order valence-electron chi connectivity index (χ1n) is 9.34. The maximum absolute atomic E-state index is 7.10. The van der Waals surface area contributed by atoms with Crippen LogP contribution < -0.4 is 0 Å². The molecule has 1 aromatic rings. The molecular weight excluding hydrogens is 310 g/mol. The fourth-order valence-electron chi connectivity index (χ4n) is 5.32. The first-order valence-corrected chi connectivity index (χ1v) is 11.3. The van der Waals surface area contributed by atoms with Crippen LogP contribution in [0.15, 0.2) is 30.3 Å². The Balaban J connectivity index is 2.31. The molecule has 1 aliphatic rings. The Hall–Kier alpha value is -0.643. The van der Waals surface area contributed by atoms with Crippen molar-refractivity contribution in [1.82, 2.24) is 4.90 Å². The van der Waals surface area contributed by atoms with Crippen molar-refractivity contribution in [2.45, 2.75) is 83.8 Å². The quantitative estimate of drug-likeness (QED) is 0.617. The first kappa shape index (κ1) is 19.7. The summed E-state index contributed by atoms with van der Waals surface area (Å²) in [6.45, 7) is 20.2. The third-order valence-electron chi connectivity index (χ3n) is 6.12. The topological polar surface area (TPSA) is 12.5 Å². The van der Waals surface area contributed by atoms with Crippen LogP contribution in [0.5, 0.6) is 0 Å². The molecule has 0 N–H and O–H groups in total. The lowest BCUT2D eigenvalue weighted by molar-refractivity contribution is 0.0139. The Morgan fingerprint density at radius 3 is 1.88 bits per heavy atom. The molecule has 0 spiro atoms. The molecule has 2 nitrogen and oxygen atoms in total. The van der Waals surface area contributed by atoms with Gasteiger partial charge in [0.1, 0.15) is 6.23 Å². The molecule has 0 unspecified atom stereocenters. The van der Waals surface area contributed by atoms with Crippen LogP contribution in [-0.4, -0.2) is 26.5 Å². The van der Waals surface area contributed by atoms with Crippen molar-refractivity contribution in [2.24, 2.45) is 5.92 Å². The molecular formula is C21H37NOSi. The van der Waals surface area contributed by atoms with E-state index >= 15 is 0 Å². The monoisotopic (exact) mass is 347 g/mol. The minimum atomic E-state index is -1.99. The van der Waals surface area contributed by atoms with E-state index < -0.39 is 8.32 Å². The molecule has 0 aliphatic carbocycles. The molecule has 3 atom stereocenters. The third-order valence-corrected chi connectivity index (χ3v) is 13.0. The highest BCUT2D eigenvalue weighted by Gasteiger charge is 2.65. The summed E-state index contributed by atoms with van der Waals surface area (Å²) in [6.07, 6.45) is 0.213. The zero-order valence-corrected chi connectivity index (χ0v) is 18.2. The van der Waals surface area contributed by atoms with Crippen molar-refractivity contribution in [3.8, 4) is 0 Å². The number of rotatable bonds is 3. The molecule has 1 aliphatic heterocycles. The van der Waals surface area contributed by atoms with Crippen LogP contribution in [0.2, 0.25) is 15.6 Å². The number of hydrogen-bond donors (Lipinski definition) is 0. The van der Waals surface area contributed by atoms with Crippen LogP contribution in [0.3, 0.4) is 0 Å². The van der Waals surface area contributed by atoms with Crippen molar-refractivity contribution in [3.05, 3.63) is 35.9 Å². The largest absolute Gasteiger partial charge is 0.400 e. The van der Waals surface area contributed by atoms with Gasteiger partial charge in [0.2, 0.25) is 8.32 Å². The van der Waals surface area contributed by atoms with Crippen LogP contribution in [0.4, 0.5) is 0 Å². The van der Waals surface area contributed by atoms with E-state index in [1.807, 2.05) is 0 Å². The maximum Gasteiger partial charge on any atom is 0.208 e. The highest BCUT2D eigenvalue weighted by Crippen LogP contribution is 2.63.